The van der Waals surface area contributed by atoms with Gasteiger partial charge in [-0.1, -0.05) is 39.5 Å². The summed E-state index contributed by atoms with van der Waals surface area (Å²) < 4.78 is 0. The van der Waals surface area contributed by atoms with Crippen molar-refractivity contribution in [2.45, 2.75) is 27.2 Å². The molecule has 0 aliphatic carbocycles. The van der Waals surface area contributed by atoms with E-state index in [4.69, 9.17) is 0 Å². The molecule has 76 valence electrons. The van der Waals surface area contributed by atoms with Crippen LogP contribution in [-0.4, -0.2) is 5.11 Å². The van der Waals surface area contributed by atoms with E-state index in [1.165, 1.54) is 5.56 Å². The van der Waals surface area contributed by atoms with Crippen LogP contribution in [0, 0.1) is 5.41 Å². The molecule has 14 heavy (non-hydrogen) atoms. The highest BCUT2D eigenvalue weighted by atomic mass is 16.3. The van der Waals surface area contributed by atoms with E-state index in [-0.39, 0.29) is 5.41 Å². The number of rotatable bonds is 2. The third kappa shape index (κ3) is 2.91. The first-order valence-corrected chi connectivity index (χ1v) is 4.87. The summed E-state index contributed by atoms with van der Waals surface area (Å²) in [6.45, 7) is 10.3. The normalized spacial score (nSPS) is 11.4. The van der Waals surface area contributed by atoms with Crippen molar-refractivity contribution in [1.82, 2.24) is 0 Å². The largest absolute Gasteiger partial charge is 0.507 e. The van der Waals surface area contributed by atoms with Crippen LogP contribution in [0.5, 0.6) is 5.75 Å². The Labute approximate surface area is 86.1 Å². The van der Waals surface area contributed by atoms with E-state index in [9.17, 15) is 5.11 Å². The van der Waals surface area contributed by atoms with Crippen LogP contribution in [0.25, 0.3) is 6.08 Å². The maximum absolute atomic E-state index is 9.46. The summed E-state index contributed by atoms with van der Waals surface area (Å²) in [6, 6.07) is 5.69. The number of aromatic hydroxyl groups is 1. The molecule has 0 amide bonds. The Balaban J connectivity index is 2.95. The Morgan fingerprint density at radius 1 is 1.36 bits per heavy atom. The molecule has 0 radical (unpaired) electrons. The molecule has 0 aliphatic heterocycles. The molecular weight excluding hydrogens is 172 g/mol. The first kappa shape index (κ1) is 10.8. The van der Waals surface area contributed by atoms with E-state index in [0.717, 1.165) is 12.0 Å². The maximum Gasteiger partial charge on any atom is 0.122 e. The van der Waals surface area contributed by atoms with E-state index in [1.54, 1.807) is 12.1 Å². The minimum absolute atomic E-state index is 0.273. The fraction of sp³-hybridized carbons (Fsp3) is 0.385. The molecule has 1 N–H and O–H groups in total. The van der Waals surface area contributed by atoms with Gasteiger partial charge < -0.3 is 5.11 Å². The van der Waals surface area contributed by atoms with Gasteiger partial charge in [-0.05, 0) is 29.5 Å². The fourth-order valence-electron chi connectivity index (χ4n) is 1.49. The molecule has 0 unspecified atom stereocenters. The molecule has 0 heterocycles. The summed E-state index contributed by atoms with van der Waals surface area (Å²) in [6.07, 6.45) is 2.69. The summed E-state index contributed by atoms with van der Waals surface area (Å²) in [5.74, 6) is 0.303. The Hall–Kier alpha value is -1.24. The number of benzene rings is 1. The van der Waals surface area contributed by atoms with Crippen LogP contribution in [0.1, 0.15) is 31.9 Å². The predicted molar refractivity (Wildman–Crippen MR) is 61.4 cm³/mol. The number of hydrogen-bond acceptors (Lipinski definition) is 1. The SMILES string of the molecule is C=Cc1cc(CC(C)(C)C)ccc1O. The molecule has 0 aliphatic rings. The van der Waals surface area contributed by atoms with Crippen LogP contribution in [0.2, 0.25) is 0 Å². The zero-order valence-electron chi connectivity index (χ0n) is 9.17. The summed E-state index contributed by atoms with van der Waals surface area (Å²) in [5, 5.41) is 9.46. The van der Waals surface area contributed by atoms with Crippen molar-refractivity contribution in [2.75, 3.05) is 0 Å². The van der Waals surface area contributed by atoms with Gasteiger partial charge in [0, 0.05) is 5.56 Å². The van der Waals surface area contributed by atoms with E-state index >= 15 is 0 Å². The molecule has 1 heteroatoms. The lowest BCUT2D eigenvalue weighted by atomic mass is 9.87. The zero-order chi connectivity index (χ0) is 10.8. The summed E-state index contributed by atoms with van der Waals surface area (Å²) in [5.41, 5.74) is 2.33. The lowest BCUT2D eigenvalue weighted by Crippen LogP contribution is -2.09. The highest BCUT2D eigenvalue weighted by molar-refractivity contribution is 5.56. The van der Waals surface area contributed by atoms with Crippen molar-refractivity contribution in [3.05, 3.63) is 35.9 Å². The molecule has 1 rings (SSSR count). The standard InChI is InChI=1S/C13H18O/c1-5-11-8-10(6-7-12(11)14)9-13(2,3)4/h5-8,14H,1,9H2,2-4H3. The van der Waals surface area contributed by atoms with Crippen LogP contribution >= 0.6 is 0 Å². The summed E-state index contributed by atoms with van der Waals surface area (Å²) in [4.78, 5) is 0. The van der Waals surface area contributed by atoms with E-state index in [1.807, 2.05) is 12.1 Å². The average molecular weight is 190 g/mol. The second-order valence-corrected chi connectivity index (χ2v) is 4.83. The Morgan fingerprint density at radius 2 is 2.00 bits per heavy atom. The van der Waals surface area contributed by atoms with Crippen LogP contribution < -0.4 is 0 Å². The number of phenolic OH excluding ortho intramolecular Hbond substituents is 1. The minimum Gasteiger partial charge on any atom is -0.507 e. The molecule has 1 nitrogen and oxygen atoms in total. The van der Waals surface area contributed by atoms with Crippen molar-refractivity contribution in [3.63, 3.8) is 0 Å². The average Bonchev–Trinajstić information content (AvgIpc) is 2.06. The van der Waals surface area contributed by atoms with Gasteiger partial charge in [-0.25, -0.2) is 0 Å². The molecule has 0 fully saturated rings. The van der Waals surface area contributed by atoms with E-state index in [2.05, 4.69) is 27.4 Å². The lowest BCUT2D eigenvalue weighted by Gasteiger charge is -2.18. The number of hydrogen-bond donors (Lipinski definition) is 1. The molecule has 1 aromatic carbocycles. The van der Waals surface area contributed by atoms with Gasteiger partial charge in [0.1, 0.15) is 5.75 Å². The smallest absolute Gasteiger partial charge is 0.122 e. The molecule has 0 saturated carbocycles. The Kier molecular flexibility index (Phi) is 3.00. The van der Waals surface area contributed by atoms with Gasteiger partial charge in [0.25, 0.3) is 0 Å². The Bertz CT molecular complexity index is 332. The molecular formula is C13H18O. The summed E-state index contributed by atoms with van der Waals surface area (Å²) in [7, 11) is 0. The monoisotopic (exact) mass is 190 g/mol. The minimum atomic E-state index is 0.273. The zero-order valence-corrected chi connectivity index (χ0v) is 9.17. The molecule has 0 bridgehead atoms. The molecule has 0 aromatic heterocycles. The first-order chi connectivity index (χ1) is 6.42. The molecule has 0 saturated heterocycles. The quantitative estimate of drug-likeness (QED) is 0.755. The van der Waals surface area contributed by atoms with Crippen molar-refractivity contribution in [3.8, 4) is 5.75 Å². The second-order valence-electron chi connectivity index (χ2n) is 4.83. The van der Waals surface area contributed by atoms with Crippen LogP contribution in [0.15, 0.2) is 24.8 Å². The van der Waals surface area contributed by atoms with E-state index < -0.39 is 0 Å². The number of phenols is 1. The third-order valence-electron chi connectivity index (χ3n) is 2.05. The van der Waals surface area contributed by atoms with Gasteiger partial charge in [-0.3, -0.25) is 0 Å². The first-order valence-electron chi connectivity index (χ1n) is 4.87. The predicted octanol–water partition coefficient (Wildman–Crippen LogP) is 3.62. The van der Waals surface area contributed by atoms with Crippen molar-refractivity contribution < 1.29 is 5.11 Å². The van der Waals surface area contributed by atoms with Gasteiger partial charge in [0.2, 0.25) is 0 Å². The van der Waals surface area contributed by atoms with Crippen molar-refractivity contribution in [1.29, 1.82) is 0 Å². The highest BCUT2D eigenvalue weighted by Gasteiger charge is 2.11. The lowest BCUT2D eigenvalue weighted by molar-refractivity contribution is 0.410. The fourth-order valence-corrected chi connectivity index (χ4v) is 1.49. The maximum atomic E-state index is 9.46. The second kappa shape index (κ2) is 3.87. The topological polar surface area (TPSA) is 20.2 Å². The van der Waals surface area contributed by atoms with Gasteiger partial charge in [0.05, 0.1) is 0 Å². The van der Waals surface area contributed by atoms with Crippen molar-refractivity contribution in [2.24, 2.45) is 5.41 Å². The van der Waals surface area contributed by atoms with Crippen LogP contribution in [-0.2, 0) is 6.42 Å². The van der Waals surface area contributed by atoms with Gasteiger partial charge >= 0.3 is 0 Å². The van der Waals surface area contributed by atoms with E-state index in [0.29, 0.717) is 5.75 Å². The third-order valence-corrected chi connectivity index (χ3v) is 2.05. The van der Waals surface area contributed by atoms with Gasteiger partial charge in [-0.2, -0.15) is 0 Å². The van der Waals surface area contributed by atoms with Crippen molar-refractivity contribution >= 4 is 6.08 Å². The Morgan fingerprint density at radius 3 is 2.50 bits per heavy atom. The summed E-state index contributed by atoms with van der Waals surface area (Å²) >= 11 is 0. The van der Waals surface area contributed by atoms with Crippen LogP contribution in [0.3, 0.4) is 0 Å². The highest BCUT2D eigenvalue weighted by Crippen LogP contribution is 2.25. The van der Waals surface area contributed by atoms with Gasteiger partial charge in [-0.15, -0.1) is 0 Å². The van der Waals surface area contributed by atoms with Gasteiger partial charge in [0.15, 0.2) is 0 Å². The molecule has 1 aromatic rings. The molecule has 0 spiro atoms. The molecule has 0 atom stereocenters. The van der Waals surface area contributed by atoms with Crippen LogP contribution in [0.4, 0.5) is 0 Å².